The molecule has 1 N–H and O–H groups in total. The quantitative estimate of drug-likeness (QED) is 0.269. The number of rotatable bonds is 20. The van der Waals surface area contributed by atoms with Crippen LogP contribution in [0.5, 0.6) is 0 Å². The predicted molar refractivity (Wildman–Crippen MR) is 108 cm³/mol. The zero-order valence-corrected chi connectivity index (χ0v) is 18.1. The lowest BCUT2D eigenvalue weighted by atomic mass is 10.00. The van der Waals surface area contributed by atoms with E-state index in [1.807, 2.05) is 6.92 Å². The van der Waals surface area contributed by atoms with Crippen LogP contribution in [0.4, 0.5) is 0 Å². The number of carboxylic acid groups (broad SMARTS) is 1. The molecule has 162 valence electrons. The fourth-order valence-corrected chi connectivity index (χ4v) is 3.65. The molecule has 0 bridgehead atoms. The van der Waals surface area contributed by atoms with Crippen molar-refractivity contribution in [2.45, 2.75) is 104 Å². The average molecular weight is 409 g/mol. The van der Waals surface area contributed by atoms with Crippen LogP contribution in [-0.2, 0) is 23.6 Å². The van der Waals surface area contributed by atoms with E-state index in [9.17, 15) is 13.2 Å². The third kappa shape index (κ3) is 17.2. The molecule has 0 fully saturated rings. The van der Waals surface area contributed by atoms with Gasteiger partial charge in [-0.2, -0.15) is 8.42 Å². The SMILES string of the molecule is CCCCCCCCCCCCOS(=O)(=O)OCCCCC(CC)C(=O)O. The van der Waals surface area contributed by atoms with Crippen molar-refractivity contribution in [2.75, 3.05) is 13.2 Å². The zero-order chi connectivity index (χ0) is 20.4. The van der Waals surface area contributed by atoms with Gasteiger partial charge in [0.05, 0.1) is 19.1 Å². The van der Waals surface area contributed by atoms with Crippen LogP contribution in [0, 0.1) is 5.92 Å². The van der Waals surface area contributed by atoms with E-state index in [0.717, 1.165) is 19.3 Å². The molecule has 0 saturated heterocycles. The van der Waals surface area contributed by atoms with Gasteiger partial charge in [0, 0.05) is 0 Å². The van der Waals surface area contributed by atoms with Crippen LogP contribution >= 0.6 is 0 Å². The minimum absolute atomic E-state index is 0.0381. The molecule has 0 radical (unpaired) electrons. The summed E-state index contributed by atoms with van der Waals surface area (Å²) >= 11 is 0. The molecule has 0 spiro atoms. The second-order valence-corrected chi connectivity index (χ2v) is 8.46. The Balaban J connectivity index is 3.52. The van der Waals surface area contributed by atoms with E-state index in [1.54, 1.807) is 0 Å². The second-order valence-electron chi connectivity index (χ2n) is 7.17. The van der Waals surface area contributed by atoms with Gasteiger partial charge in [-0.3, -0.25) is 4.79 Å². The highest BCUT2D eigenvalue weighted by molar-refractivity contribution is 7.81. The Morgan fingerprint density at radius 3 is 1.67 bits per heavy atom. The summed E-state index contributed by atoms with van der Waals surface area (Å²) in [4.78, 5) is 10.9. The first-order chi connectivity index (χ1) is 12.9. The lowest BCUT2D eigenvalue weighted by Crippen LogP contribution is -2.14. The standard InChI is InChI=1S/C20H40O6S/c1-3-5-6-7-8-9-10-11-12-14-17-25-27(23,24)26-18-15-13-16-19(4-2)20(21)22/h19H,3-18H2,1-2H3,(H,21,22). The van der Waals surface area contributed by atoms with Crippen molar-refractivity contribution >= 4 is 16.4 Å². The van der Waals surface area contributed by atoms with Crippen LogP contribution in [0.15, 0.2) is 0 Å². The third-order valence-electron chi connectivity index (χ3n) is 4.74. The number of carboxylic acids is 1. The van der Waals surface area contributed by atoms with E-state index in [1.165, 1.54) is 44.9 Å². The highest BCUT2D eigenvalue weighted by Crippen LogP contribution is 2.14. The molecule has 0 aliphatic heterocycles. The van der Waals surface area contributed by atoms with E-state index in [2.05, 4.69) is 6.92 Å². The van der Waals surface area contributed by atoms with E-state index in [4.69, 9.17) is 13.5 Å². The van der Waals surface area contributed by atoms with Crippen molar-refractivity contribution in [1.82, 2.24) is 0 Å². The molecule has 0 aliphatic rings. The molecule has 7 heteroatoms. The smallest absolute Gasteiger partial charge is 0.399 e. The number of hydrogen-bond donors (Lipinski definition) is 1. The van der Waals surface area contributed by atoms with Crippen LogP contribution in [-0.4, -0.2) is 32.7 Å². The Morgan fingerprint density at radius 2 is 1.22 bits per heavy atom. The molecule has 6 nitrogen and oxygen atoms in total. The van der Waals surface area contributed by atoms with Gasteiger partial charge in [-0.15, -0.1) is 0 Å². The summed E-state index contributed by atoms with van der Waals surface area (Å²) in [5.41, 5.74) is 0. The highest BCUT2D eigenvalue weighted by Gasteiger charge is 2.15. The Morgan fingerprint density at radius 1 is 0.778 bits per heavy atom. The summed E-state index contributed by atoms with van der Waals surface area (Å²) < 4.78 is 32.9. The first-order valence-corrected chi connectivity index (χ1v) is 12.0. The topological polar surface area (TPSA) is 89.9 Å². The molecule has 1 unspecified atom stereocenters. The van der Waals surface area contributed by atoms with Crippen LogP contribution in [0.2, 0.25) is 0 Å². The minimum Gasteiger partial charge on any atom is -0.481 e. The average Bonchev–Trinajstić information content (AvgIpc) is 2.62. The molecule has 0 heterocycles. The molecule has 0 aliphatic carbocycles. The van der Waals surface area contributed by atoms with Gasteiger partial charge in [0.25, 0.3) is 0 Å². The number of aliphatic carboxylic acids is 1. The molecule has 27 heavy (non-hydrogen) atoms. The van der Waals surface area contributed by atoms with Gasteiger partial charge in [0.2, 0.25) is 0 Å². The van der Waals surface area contributed by atoms with Crippen molar-refractivity contribution in [3.63, 3.8) is 0 Å². The van der Waals surface area contributed by atoms with E-state index in [-0.39, 0.29) is 19.1 Å². The molecular weight excluding hydrogens is 368 g/mol. The Labute approximate surface area is 166 Å². The van der Waals surface area contributed by atoms with Crippen molar-refractivity contribution in [3.05, 3.63) is 0 Å². The Hall–Kier alpha value is -0.660. The normalized spacial score (nSPS) is 13.0. The first-order valence-electron chi connectivity index (χ1n) is 10.7. The molecule has 0 aromatic carbocycles. The molecule has 0 rings (SSSR count). The third-order valence-corrected chi connectivity index (χ3v) is 5.65. The first kappa shape index (κ1) is 26.3. The van der Waals surface area contributed by atoms with Gasteiger partial charge in [-0.05, 0) is 25.7 Å². The van der Waals surface area contributed by atoms with Gasteiger partial charge in [0.15, 0.2) is 0 Å². The van der Waals surface area contributed by atoms with Crippen LogP contribution in [0.25, 0.3) is 0 Å². The fourth-order valence-electron chi connectivity index (χ4n) is 2.94. The van der Waals surface area contributed by atoms with Crippen LogP contribution < -0.4 is 0 Å². The summed E-state index contributed by atoms with van der Waals surface area (Å²) in [5.74, 6) is -1.17. The van der Waals surface area contributed by atoms with E-state index < -0.39 is 16.4 Å². The lowest BCUT2D eigenvalue weighted by Gasteiger charge is -2.09. The summed E-state index contributed by atoms with van der Waals surface area (Å²) in [6, 6.07) is 0. The summed E-state index contributed by atoms with van der Waals surface area (Å²) in [6.07, 6.45) is 14.1. The van der Waals surface area contributed by atoms with Gasteiger partial charge >= 0.3 is 16.4 Å². The second kappa shape index (κ2) is 17.4. The van der Waals surface area contributed by atoms with Crippen LogP contribution in [0.1, 0.15) is 104 Å². The van der Waals surface area contributed by atoms with Gasteiger partial charge in [0.1, 0.15) is 0 Å². The van der Waals surface area contributed by atoms with Crippen molar-refractivity contribution in [3.8, 4) is 0 Å². The summed E-state index contributed by atoms with van der Waals surface area (Å²) in [7, 11) is -3.93. The maximum absolute atomic E-state index is 11.6. The van der Waals surface area contributed by atoms with E-state index in [0.29, 0.717) is 25.7 Å². The van der Waals surface area contributed by atoms with Crippen LogP contribution in [0.3, 0.4) is 0 Å². The molecule has 1 atom stereocenters. The highest BCUT2D eigenvalue weighted by atomic mass is 32.3. The van der Waals surface area contributed by atoms with Crippen molar-refractivity contribution < 1.29 is 26.7 Å². The largest absolute Gasteiger partial charge is 0.481 e. The monoisotopic (exact) mass is 408 g/mol. The van der Waals surface area contributed by atoms with Gasteiger partial charge in [-0.1, -0.05) is 78.1 Å². The number of unbranched alkanes of at least 4 members (excludes halogenated alkanes) is 10. The number of carbonyl (C=O) groups is 1. The Kier molecular flexibility index (Phi) is 17.0. The maximum Gasteiger partial charge on any atom is 0.399 e. The van der Waals surface area contributed by atoms with Gasteiger partial charge in [-0.25, -0.2) is 8.37 Å². The molecule has 0 amide bonds. The van der Waals surface area contributed by atoms with E-state index >= 15 is 0 Å². The van der Waals surface area contributed by atoms with Crippen molar-refractivity contribution in [1.29, 1.82) is 0 Å². The molecular formula is C20H40O6S. The zero-order valence-electron chi connectivity index (χ0n) is 17.3. The molecule has 0 aromatic heterocycles. The Bertz CT molecular complexity index is 449. The lowest BCUT2D eigenvalue weighted by molar-refractivity contribution is -0.142. The predicted octanol–water partition coefficient (Wildman–Crippen LogP) is 5.47. The van der Waals surface area contributed by atoms with Crippen molar-refractivity contribution in [2.24, 2.45) is 5.92 Å². The molecule has 0 saturated carbocycles. The summed E-state index contributed by atoms with van der Waals surface area (Å²) in [6.45, 7) is 4.25. The van der Waals surface area contributed by atoms with Gasteiger partial charge < -0.3 is 5.11 Å². The number of hydrogen-bond acceptors (Lipinski definition) is 5. The summed E-state index contributed by atoms with van der Waals surface area (Å²) in [5, 5.41) is 8.94. The fraction of sp³-hybridized carbons (Fsp3) is 0.950. The maximum atomic E-state index is 11.6. The minimum atomic E-state index is -3.93. The molecule has 0 aromatic rings.